The highest BCUT2D eigenvalue weighted by Gasteiger charge is 2.26. The molecule has 0 heterocycles. The van der Waals surface area contributed by atoms with Gasteiger partial charge in [-0.1, -0.05) is 25.0 Å². The van der Waals surface area contributed by atoms with Gasteiger partial charge < -0.3 is 0 Å². The quantitative estimate of drug-likeness (QED) is 0.596. The standard InChI is InChI=1S/C12H20O/c1-9(2)7-8-11-6-4-5-10(3)12(11)13/h7,10-11H,4-6,8H2,1-3H3. The van der Waals surface area contributed by atoms with Gasteiger partial charge in [0.25, 0.3) is 0 Å². The van der Waals surface area contributed by atoms with Crippen molar-refractivity contribution in [1.29, 1.82) is 0 Å². The lowest BCUT2D eigenvalue weighted by Gasteiger charge is -2.24. The third kappa shape index (κ3) is 2.98. The Balaban J connectivity index is 2.49. The number of Topliss-reactive ketones (excluding diaryl/α,β-unsaturated/α-hetero) is 1. The van der Waals surface area contributed by atoms with Crippen molar-refractivity contribution in [1.82, 2.24) is 0 Å². The summed E-state index contributed by atoms with van der Waals surface area (Å²) in [7, 11) is 0. The Hall–Kier alpha value is -0.590. The van der Waals surface area contributed by atoms with E-state index in [2.05, 4.69) is 26.8 Å². The predicted molar refractivity (Wildman–Crippen MR) is 55.6 cm³/mol. The fourth-order valence-corrected chi connectivity index (χ4v) is 1.97. The summed E-state index contributed by atoms with van der Waals surface area (Å²) in [6.07, 6.45) is 6.59. The van der Waals surface area contributed by atoms with Crippen LogP contribution in [-0.2, 0) is 4.79 Å². The van der Waals surface area contributed by atoms with Crippen molar-refractivity contribution in [3.8, 4) is 0 Å². The molecule has 0 spiro atoms. The van der Waals surface area contributed by atoms with Gasteiger partial charge in [0.1, 0.15) is 5.78 Å². The molecule has 1 nitrogen and oxygen atoms in total. The zero-order valence-electron chi connectivity index (χ0n) is 8.97. The van der Waals surface area contributed by atoms with E-state index in [1.165, 1.54) is 12.0 Å². The van der Waals surface area contributed by atoms with E-state index in [-0.39, 0.29) is 0 Å². The second kappa shape index (κ2) is 4.59. The van der Waals surface area contributed by atoms with Crippen LogP contribution in [0.3, 0.4) is 0 Å². The van der Waals surface area contributed by atoms with Crippen LogP contribution in [0, 0.1) is 11.8 Å². The summed E-state index contributed by atoms with van der Waals surface area (Å²) in [5.41, 5.74) is 1.33. The minimum Gasteiger partial charge on any atom is -0.299 e. The average molecular weight is 180 g/mol. The molecule has 1 aliphatic carbocycles. The predicted octanol–water partition coefficient (Wildman–Crippen LogP) is 3.35. The Morgan fingerprint density at radius 1 is 1.46 bits per heavy atom. The summed E-state index contributed by atoms with van der Waals surface area (Å²) >= 11 is 0. The Bertz CT molecular complexity index is 211. The van der Waals surface area contributed by atoms with Gasteiger partial charge in [-0.25, -0.2) is 0 Å². The molecule has 1 fully saturated rings. The smallest absolute Gasteiger partial charge is 0.139 e. The Morgan fingerprint density at radius 2 is 2.15 bits per heavy atom. The third-order valence-electron chi connectivity index (χ3n) is 2.89. The number of ketones is 1. The molecule has 0 amide bonds. The normalized spacial score (nSPS) is 28.7. The van der Waals surface area contributed by atoms with Crippen molar-refractivity contribution in [3.05, 3.63) is 11.6 Å². The van der Waals surface area contributed by atoms with Crippen LogP contribution in [0.2, 0.25) is 0 Å². The van der Waals surface area contributed by atoms with Crippen LogP contribution >= 0.6 is 0 Å². The van der Waals surface area contributed by atoms with E-state index in [9.17, 15) is 4.79 Å². The first-order valence-corrected chi connectivity index (χ1v) is 5.28. The molecule has 1 heteroatoms. The van der Waals surface area contributed by atoms with Gasteiger partial charge >= 0.3 is 0 Å². The second-order valence-electron chi connectivity index (χ2n) is 4.45. The van der Waals surface area contributed by atoms with Gasteiger partial charge in [0.2, 0.25) is 0 Å². The van der Waals surface area contributed by atoms with Crippen LogP contribution in [0.25, 0.3) is 0 Å². The number of hydrogen-bond acceptors (Lipinski definition) is 1. The highest BCUT2D eigenvalue weighted by molar-refractivity contribution is 5.83. The maximum absolute atomic E-state index is 11.7. The first-order chi connectivity index (χ1) is 6.11. The maximum Gasteiger partial charge on any atom is 0.139 e. The number of rotatable bonds is 2. The van der Waals surface area contributed by atoms with Crippen molar-refractivity contribution in [3.63, 3.8) is 0 Å². The zero-order valence-corrected chi connectivity index (χ0v) is 8.97. The summed E-state index contributed by atoms with van der Waals surface area (Å²) < 4.78 is 0. The number of allylic oxidation sites excluding steroid dienone is 2. The fraction of sp³-hybridized carbons (Fsp3) is 0.750. The largest absolute Gasteiger partial charge is 0.299 e. The number of carbonyl (C=O) groups is 1. The molecule has 1 saturated carbocycles. The van der Waals surface area contributed by atoms with E-state index in [1.54, 1.807) is 0 Å². The summed E-state index contributed by atoms with van der Waals surface area (Å²) in [6, 6.07) is 0. The Kier molecular flexibility index (Phi) is 3.71. The lowest BCUT2D eigenvalue weighted by Crippen LogP contribution is -2.26. The number of hydrogen-bond donors (Lipinski definition) is 0. The van der Waals surface area contributed by atoms with Gasteiger partial charge in [-0.15, -0.1) is 0 Å². The molecule has 2 unspecified atom stereocenters. The van der Waals surface area contributed by atoms with Crippen LogP contribution < -0.4 is 0 Å². The van der Waals surface area contributed by atoms with Crippen LogP contribution in [-0.4, -0.2) is 5.78 Å². The van der Waals surface area contributed by atoms with Gasteiger partial charge in [-0.2, -0.15) is 0 Å². The zero-order chi connectivity index (χ0) is 9.84. The van der Waals surface area contributed by atoms with Crippen molar-refractivity contribution in [2.45, 2.75) is 46.5 Å². The summed E-state index contributed by atoms with van der Waals surface area (Å²) in [6.45, 7) is 6.25. The minimum absolute atomic E-state index is 0.310. The monoisotopic (exact) mass is 180 g/mol. The van der Waals surface area contributed by atoms with E-state index < -0.39 is 0 Å². The molecule has 0 aromatic carbocycles. The molecule has 0 aliphatic heterocycles. The van der Waals surface area contributed by atoms with Crippen molar-refractivity contribution >= 4 is 5.78 Å². The van der Waals surface area contributed by atoms with Crippen molar-refractivity contribution in [2.75, 3.05) is 0 Å². The maximum atomic E-state index is 11.7. The molecule has 0 aromatic heterocycles. The lowest BCUT2D eigenvalue weighted by molar-refractivity contribution is -0.128. The molecule has 0 aromatic rings. The molecule has 1 aliphatic rings. The van der Waals surface area contributed by atoms with E-state index in [0.717, 1.165) is 19.3 Å². The van der Waals surface area contributed by atoms with Crippen LogP contribution in [0.1, 0.15) is 46.5 Å². The second-order valence-corrected chi connectivity index (χ2v) is 4.45. The van der Waals surface area contributed by atoms with Gasteiger partial charge in [0, 0.05) is 11.8 Å². The Labute approximate surface area is 81.2 Å². The SMILES string of the molecule is CC(C)=CCC1CCCC(C)C1=O. The highest BCUT2D eigenvalue weighted by Crippen LogP contribution is 2.28. The molecule has 74 valence electrons. The van der Waals surface area contributed by atoms with E-state index in [4.69, 9.17) is 0 Å². The van der Waals surface area contributed by atoms with Crippen molar-refractivity contribution < 1.29 is 4.79 Å². The van der Waals surface area contributed by atoms with Crippen LogP contribution in [0.5, 0.6) is 0 Å². The molecule has 0 bridgehead atoms. The van der Waals surface area contributed by atoms with Gasteiger partial charge in [0.05, 0.1) is 0 Å². The van der Waals surface area contributed by atoms with Gasteiger partial charge in [0.15, 0.2) is 0 Å². The molecule has 0 N–H and O–H groups in total. The third-order valence-corrected chi connectivity index (χ3v) is 2.89. The molecule has 2 atom stereocenters. The molecule has 0 saturated heterocycles. The van der Waals surface area contributed by atoms with Crippen LogP contribution in [0.15, 0.2) is 11.6 Å². The van der Waals surface area contributed by atoms with Gasteiger partial charge in [-0.3, -0.25) is 4.79 Å². The first-order valence-electron chi connectivity index (χ1n) is 5.28. The first kappa shape index (κ1) is 10.5. The topological polar surface area (TPSA) is 17.1 Å². The van der Waals surface area contributed by atoms with Crippen LogP contribution in [0.4, 0.5) is 0 Å². The molecule has 1 rings (SSSR count). The summed E-state index contributed by atoms with van der Waals surface area (Å²) in [4.78, 5) is 11.7. The molecule has 0 radical (unpaired) electrons. The van der Waals surface area contributed by atoms with Gasteiger partial charge in [-0.05, 0) is 33.1 Å². The van der Waals surface area contributed by atoms with E-state index in [1.807, 2.05) is 0 Å². The summed E-state index contributed by atoms with van der Waals surface area (Å²) in [5.74, 6) is 1.12. The molecular weight excluding hydrogens is 160 g/mol. The number of carbonyl (C=O) groups excluding carboxylic acids is 1. The molecule has 13 heavy (non-hydrogen) atoms. The summed E-state index contributed by atoms with van der Waals surface area (Å²) in [5, 5.41) is 0. The Morgan fingerprint density at radius 3 is 2.77 bits per heavy atom. The minimum atomic E-state index is 0.310. The van der Waals surface area contributed by atoms with E-state index >= 15 is 0 Å². The lowest BCUT2D eigenvalue weighted by atomic mass is 9.79. The van der Waals surface area contributed by atoms with Crippen molar-refractivity contribution in [2.24, 2.45) is 11.8 Å². The highest BCUT2D eigenvalue weighted by atomic mass is 16.1. The van der Waals surface area contributed by atoms with E-state index in [0.29, 0.717) is 17.6 Å². The fourth-order valence-electron chi connectivity index (χ4n) is 1.97. The average Bonchev–Trinajstić information content (AvgIpc) is 2.07. The molecular formula is C12H20O.